The van der Waals surface area contributed by atoms with Crippen LogP contribution in [0.15, 0.2) is 134 Å². The Morgan fingerprint density at radius 3 is 1.42 bits per heavy atom. The monoisotopic (exact) mass is 707 g/mol. The largest absolute Gasteiger partial charge is 0.329 e. The summed E-state index contributed by atoms with van der Waals surface area (Å²) in [4.78, 5) is 34.1. The van der Waals surface area contributed by atoms with E-state index in [-0.39, 0.29) is 24.3 Å². The first-order chi connectivity index (χ1) is 23.7. The van der Waals surface area contributed by atoms with Crippen LogP contribution >= 0.6 is 23.2 Å². The van der Waals surface area contributed by atoms with E-state index in [2.05, 4.69) is 35.9 Å². The van der Waals surface area contributed by atoms with E-state index >= 15 is 0 Å². The van der Waals surface area contributed by atoms with Crippen molar-refractivity contribution in [3.8, 4) is 0 Å². The van der Waals surface area contributed by atoms with Crippen LogP contribution in [0.3, 0.4) is 0 Å². The van der Waals surface area contributed by atoms with Crippen LogP contribution in [0.1, 0.15) is 56.9 Å². The Balaban J connectivity index is 0.000000246. The molecular weight excluding hydrogens is 661 g/mol. The fraction of sp³-hybridized carbons (Fsp3) is 0.256. The molecule has 0 spiro atoms. The number of rotatable bonds is 10. The predicted octanol–water partition coefficient (Wildman–Crippen LogP) is 10.0. The average molecular weight is 709 g/mol. The number of carbonyl (C=O) groups is 2. The molecule has 2 aromatic heterocycles. The van der Waals surface area contributed by atoms with Gasteiger partial charge in [-0.25, -0.2) is 0 Å². The number of hydrogen-bond donors (Lipinski definition) is 1. The van der Waals surface area contributed by atoms with Crippen molar-refractivity contribution in [3.05, 3.63) is 156 Å². The van der Waals surface area contributed by atoms with E-state index in [0.29, 0.717) is 19.4 Å². The number of hydrogen-bond acceptors (Lipinski definition) is 5. The summed E-state index contributed by atoms with van der Waals surface area (Å²) in [6.45, 7) is 6.36. The molecule has 260 valence electrons. The number of nitrogens with two attached hydrogens (primary N) is 1. The zero-order valence-corrected chi connectivity index (χ0v) is 29.8. The lowest BCUT2D eigenvalue weighted by molar-refractivity contribution is -0.124. The van der Waals surface area contributed by atoms with Gasteiger partial charge in [0, 0.05) is 54.9 Å². The van der Waals surface area contributed by atoms with Crippen molar-refractivity contribution in [3.63, 3.8) is 0 Å². The zero-order chi connectivity index (χ0) is 35.3. The van der Waals surface area contributed by atoms with Crippen LogP contribution in [0, 0.1) is 0 Å². The Hall–Kier alpha value is -4.42. The number of carbonyl (C=O) groups excluding carboxylic acids is 2. The van der Waals surface area contributed by atoms with E-state index in [4.69, 9.17) is 28.9 Å². The fourth-order valence-electron chi connectivity index (χ4n) is 5.81. The number of pyridine rings is 2. The second-order valence-electron chi connectivity index (χ2n) is 12.4. The minimum Gasteiger partial charge on any atom is -0.329 e. The average Bonchev–Trinajstić information content (AvgIpc) is 3.15. The lowest BCUT2D eigenvalue weighted by Gasteiger charge is -2.27. The van der Waals surface area contributed by atoms with Crippen molar-refractivity contribution in [1.82, 2.24) is 9.97 Å². The van der Waals surface area contributed by atoms with Crippen LogP contribution in [0.5, 0.6) is 0 Å². The third kappa shape index (κ3) is 9.85. The van der Waals surface area contributed by atoms with E-state index in [1.165, 1.54) is 0 Å². The van der Waals surface area contributed by atoms with Crippen molar-refractivity contribution >= 4 is 56.3 Å². The summed E-state index contributed by atoms with van der Waals surface area (Å²) in [5, 5.41) is 4.60. The molecule has 50 heavy (non-hydrogen) atoms. The van der Waals surface area contributed by atoms with Gasteiger partial charge in [-0.3, -0.25) is 19.6 Å². The van der Waals surface area contributed by atoms with Gasteiger partial charge in [0.2, 0.25) is 0 Å². The highest BCUT2D eigenvalue weighted by atomic mass is 35.5. The number of benzene rings is 4. The molecule has 0 saturated heterocycles. The van der Waals surface area contributed by atoms with Crippen LogP contribution in [-0.2, 0) is 33.3 Å². The van der Waals surface area contributed by atoms with Gasteiger partial charge in [0.15, 0.2) is 0 Å². The van der Waals surface area contributed by atoms with Gasteiger partial charge in [-0.05, 0) is 65.4 Å². The Kier molecular flexibility index (Phi) is 15.3. The minimum absolute atomic E-state index is 0. The SMILES string of the molecule is C.CC(CN)(C(=O)Cc1ccc2cnccc2c1)c1ccccc1.CCC(C)(C(=O)Cc1ccc2cnccc2c1)c1ccccc1.ClCCl. The van der Waals surface area contributed by atoms with Crippen LogP contribution in [-0.4, -0.2) is 33.4 Å². The zero-order valence-electron chi connectivity index (χ0n) is 28.3. The van der Waals surface area contributed by atoms with Crippen molar-refractivity contribution in [2.24, 2.45) is 5.73 Å². The van der Waals surface area contributed by atoms with Gasteiger partial charge in [-0.15, -0.1) is 23.2 Å². The highest BCUT2D eigenvalue weighted by Gasteiger charge is 2.34. The Morgan fingerprint density at radius 2 is 1.02 bits per heavy atom. The lowest BCUT2D eigenvalue weighted by Crippen LogP contribution is -2.41. The summed E-state index contributed by atoms with van der Waals surface area (Å²) < 4.78 is 0. The number of halogens is 2. The maximum absolute atomic E-state index is 13.0. The molecule has 5 nitrogen and oxygen atoms in total. The fourth-order valence-corrected chi connectivity index (χ4v) is 5.81. The Labute approximate surface area is 306 Å². The lowest BCUT2D eigenvalue weighted by atomic mass is 9.74. The molecule has 0 aliphatic carbocycles. The number of alkyl halides is 2. The van der Waals surface area contributed by atoms with E-state index in [9.17, 15) is 9.59 Å². The molecule has 2 unspecified atom stereocenters. The normalized spacial score (nSPS) is 12.9. The molecule has 0 fully saturated rings. The van der Waals surface area contributed by atoms with Gasteiger partial charge >= 0.3 is 0 Å². The summed E-state index contributed by atoms with van der Waals surface area (Å²) in [5.74, 6) is 0.402. The van der Waals surface area contributed by atoms with E-state index in [1.54, 1.807) is 12.4 Å². The molecule has 0 aliphatic heterocycles. The maximum Gasteiger partial charge on any atom is 0.148 e. The smallest absolute Gasteiger partial charge is 0.148 e. The first-order valence-electron chi connectivity index (χ1n) is 16.3. The highest BCUT2D eigenvalue weighted by molar-refractivity contribution is 6.40. The highest BCUT2D eigenvalue weighted by Crippen LogP contribution is 2.30. The topological polar surface area (TPSA) is 85.9 Å². The number of nitrogens with zero attached hydrogens (tertiary/aromatic N) is 2. The van der Waals surface area contributed by atoms with Crippen LogP contribution in [0.2, 0.25) is 0 Å². The predicted molar refractivity (Wildman–Crippen MR) is 211 cm³/mol. The molecule has 6 rings (SSSR count). The van der Waals surface area contributed by atoms with Gasteiger partial charge < -0.3 is 5.73 Å². The van der Waals surface area contributed by atoms with Gasteiger partial charge in [0.05, 0.1) is 16.2 Å². The summed E-state index contributed by atoms with van der Waals surface area (Å²) in [5.41, 5.74) is 8.99. The second kappa shape index (κ2) is 19.1. The standard InChI is InChI=1S/C21H21NO.C20H20N2O.CH2Cl2.CH4/c1-3-21(2,19-7-5-4-6-8-19)20(23)14-16-9-10-18-15-22-12-11-17(18)13-16;1-20(14-21,18-5-3-2-4-6-18)19(23)12-15-7-8-17-13-22-10-9-16(17)11-15;2-1-3;/h4-13,15H,3,14H2,1-2H3;2-11,13H,12,14,21H2,1H3;1H2;1H4. The Morgan fingerprint density at radius 1 is 0.620 bits per heavy atom. The van der Waals surface area contributed by atoms with Gasteiger partial charge in [-0.2, -0.15) is 0 Å². The van der Waals surface area contributed by atoms with E-state index < -0.39 is 10.8 Å². The third-order valence-corrected chi connectivity index (χ3v) is 9.31. The first kappa shape index (κ1) is 40.0. The van der Waals surface area contributed by atoms with E-state index in [1.807, 2.05) is 116 Å². The van der Waals surface area contributed by atoms with Crippen LogP contribution in [0.4, 0.5) is 0 Å². The van der Waals surface area contributed by atoms with Crippen LogP contribution in [0.25, 0.3) is 21.5 Å². The number of Topliss-reactive ketones (excluding diaryl/α,β-unsaturated/α-hetero) is 2. The molecule has 4 aromatic carbocycles. The van der Waals surface area contributed by atoms with Gasteiger partial charge in [0.25, 0.3) is 0 Å². The van der Waals surface area contributed by atoms with Gasteiger partial charge in [-0.1, -0.05) is 111 Å². The first-order valence-corrected chi connectivity index (χ1v) is 17.4. The Bertz CT molecular complexity index is 1830. The van der Waals surface area contributed by atoms with Gasteiger partial charge in [0.1, 0.15) is 11.6 Å². The van der Waals surface area contributed by atoms with Crippen molar-refractivity contribution < 1.29 is 9.59 Å². The quantitative estimate of drug-likeness (QED) is 0.143. The molecular formula is C43H47Cl2N3O2. The number of aromatic nitrogens is 2. The molecule has 0 amide bonds. The number of fused-ring (bicyclic) bond motifs is 2. The van der Waals surface area contributed by atoms with Crippen LogP contribution < -0.4 is 5.73 Å². The molecule has 0 saturated carbocycles. The summed E-state index contributed by atoms with van der Waals surface area (Å²) in [6.07, 6.45) is 8.86. The van der Waals surface area contributed by atoms with Crippen molar-refractivity contribution in [2.45, 2.75) is 58.3 Å². The minimum atomic E-state index is -0.658. The van der Waals surface area contributed by atoms with E-state index in [0.717, 1.165) is 50.2 Å². The summed E-state index contributed by atoms with van der Waals surface area (Å²) >= 11 is 9.53. The second-order valence-corrected chi connectivity index (χ2v) is 13.2. The molecule has 6 aromatic rings. The molecule has 2 N–H and O–H groups in total. The molecule has 7 heteroatoms. The van der Waals surface area contributed by atoms with Crippen molar-refractivity contribution in [2.75, 3.05) is 11.9 Å². The molecule has 0 bridgehead atoms. The summed E-state index contributed by atoms with van der Waals surface area (Å²) in [7, 11) is 0. The molecule has 0 aliphatic rings. The summed E-state index contributed by atoms with van der Waals surface area (Å²) in [6, 6.07) is 36.0. The molecule has 0 radical (unpaired) electrons. The molecule has 2 atom stereocenters. The molecule has 2 heterocycles. The van der Waals surface area contributed by atoms with Crippen molar-refractivity contribution in [1.29, 1.82) is 0 Å². The maximum atomic E-state index is 13.0. The third-order valence-electron chi connectivity index (χ3n) is 9.31. The number of ketones is 2.